The summed E-state index contributed by atoms with van der Waals surface area (Å²) in [6.45, 7) is 4.36. The average Bonchev–Trinajstić information content (AvgIpc) is 3.67. The van der Waals surface area contributed by atoms with Crippen molar-refractivity contribution in [3.63, 3.8) is 0 Å². The monoisotopic (exact) mass is 906 g/mol. The van der Waals surface area contributed by atoms with Gasteiger partial charge >= 0.3 is 5.97 Å². The fraction of sp³-hybridized carbons (Fsp3) is 0.458. The number of carbonyl (C=O) groups is 7. The molecule has 0 saturated heterocycles. The Bertz CT molecular complexity index is 2460. The second-order valence-electron chi connectivity index (χ2n) is 17.7. The molecule has 0 spiro atoms. The molecule has 1 aliphatic carbocycles. The number of nitrogens with one attached hydrogen (secondary N) is 6. The van der Waals surface area contributed by atoms with Crippen LogP contribution in [0.3, 0.4) is 0 Å². The molecule has 6 rings (SSSR count). The third kappa shape index (κ3) is 12.4. The number of hydrogen-bond donors (Lipinski definition) is 9. The number of benzene rings is 3. The summed E-state index contributed by atoms with van der Waals surface area (Å²) in [6, 6.07) is 15.2. The van der Waals surface area contributed by atoms with E-state index in [1.165, 1.54) is 11.8 Å². The van der Waals surface area contributed by atoms with Crippen molar-refractivity contribution in [1.29, 1.82) is 0 Å². The van der Waals surface area contributed by atoms with Crippen molar-refractivity contribution >= 4 is 69.2 Å². The van der Waals surface area contributed by atoms with Crippen LogP contribution < -0.4 is 38.1 Å². The lowest BCUT2D eigenvalue weighted by atomic mass is 9.83. The summed E-state index contributed by atoms with van der Waals surface area (Å²) in [5, 5.41) is 25.1. The maximum Gasteiger partial charge on any atom is 0.322 e. The Hall–Kier alpha value is -6.98. The molecule has 0 bridgehead atoms. The number of guanidine groups is 1. The number of aliphatic carboxylic acids is 1. The number of aliphatic imine (C=N–C) groups is 1. The van der Waals surface area contributed by atoms with Crippen LogP contribution in [-0.4, -0.2) is 106 Å². The standard InChI is InChI=1S/C48H62N10O8/c1-27(2)41(53-28(3)59)45(64)57-42(30-12-5-4-6-13-30)46(65)55-37(18-11-21-51-48(49)50)47(66)58-26-32-15-8-7-14-31(32)24-39(58)44(63)56-38(43(62)52-25-40(60)61)23-29-19-20-36-34(22-29)33-16-9-10-17-35(33)54-36/h7-10,14-17,19-20,22,27,30,37-39,41-42,54H,4-6,11-13,18,21,23-26H2,1-3H3,(H,52,62)(H,53,59)(H,55,65)(H,56,63)(H,57,64)(H,60,61)(H4,49,50,51)/t37-,38-,39-,41-,42?/m0/s1. The van der Waals surface area contributed by atoms with Gasteiger partial charge in [0.05, 0.1) is 0 Å². The van der Waals surface area contributed by atoms with Crippen LogP contribution in [0.1, 0.15) is 82.4 Å². The van der Waals surface area contributed by atoms with Gasteiger partial charge in [-0.15, -0.1) is 0 Å². The maximum atomic E-state index is 15.1. The van der Waals surface area contributed by atoms with E-state index in [2.05, 4.69) is 36.6 Å². The maximum absolute atomic E-state index is 15.1. The van der Waals surface area contributed by atoms with Gasteiger partial charge in [-0.3, -0.25) is 38.6 Å². The Morgan fingerprint density at radius 2 is 1.50 bits per heavy atom. The largest absolute Gasteiger partial charge is 0.480 e. The van der Waals surface area contributed by atoms with Crippen molar-refractivity contribution in [2.75, 3.05) is 13.1 Å². The molecule has 2 heterocycles. The summed E-state index contributed by atoms with van der Waals surface area (Å²) in [5.74, 6) is -5.39. The van der Waals surface area contributed by atoms with Gasteiger partial charge in [0.2, 0.25) is 35.4 Å². The van der Waals surface area contributed by atoms with Crippen LogP contribution in [0.25, 0.3) is 21.8 Å². The van der Waals surface area contributed by atoms with E-state index < -0.39 is 78.2 Å². The van der Waals surface area contributed by atoms with E-state index in [0.717, 1.165) is 52.2 Å². The number of aromatic nitrogens is 1. The molecule has 1 saturated carbocycles. The van der Waals surface area contributed by atoms with E-state index in [-0.39, 0.29) is 56.6 Å². The van der Waals surface area contributed by atoms with E-state index in [1.54, 1.807) is 13.8 Å². The molecule has 4 aromatic rings. The summed E-state index contributed by atoms with van der Waals surface area (Å²) in [5.41, 5.74) is 15.3. The quantitative estimate of drug-likeness (QED) is 0.0376. The lowest BCUT2D eigenvalue weighted by Crippen LogP contribution is -2.62. The fourth-order valence-corrected chi connectivity index (χ4v) is 9.09. The van der Waals surface area contributed by atoms with Gasteiger partial charge in [-0.2, -0.15) is 0 Å². The zero-order valence-electron chi connectivity index (χ0n) is 37.7. The van der Waals surface area contributed by atoms with E-state index >= 15 is 4.79 Å². The SMILES string of the molecule is CC(=O)N[C@H](C(=O)NC(C(=O)N[C@@H](CCCN=C(N)N)C(=O)N1Cc2ccccc2C[C@H]1C(=O)N[C@@H](Cc1ccc2[nH]c3ccccc3c2c1)C(=O)NCC(=O)O)C1CCCCC1)C(C)C. The molecule has 1 unspecified atom stereocenters. The number of carboxylic acid groups (broad SMARTS) is 1. The molecular formula is C48H62N10O8. The zero-order valence-corrected chi connectivity index (χ0v) is 37.7. The van der Waals surface area contributed by atoms with Crippen LogP contribution in [0.5, 0.6) is 0 Å². The van der Waals surface area contributed by atoms with Crippen LogP contribution in [0.4, 0.5) is 0 Å². The Balaban J connectivity index is 1.30. The average molecular weight is 907 g/mol. The zero-order chi connectivity index (χ0) is 47.5. The second-order valence-corrected chi connectivity index (χ2v) is 17.7. The third-order valence-corrected chi connectivity index (χ3v) is 12.5. The third-order valence-electron chi connectivity index (χ3n) is 12.5. The summed E-state index contributed by atoms with van der Waals surface area (Å²) < 4.78 is 0. The van der Waals surface area contributed by atoms with Gasteiger partial charge in [-0.05, 0) is 72.4 Å². The molecule has 2 aliphatic rings. The number of fused-ring (bicyclic) bond motifs is 4. The Morgan fingerprint density at radius 1 is 0.803 bits per heavy atom. The number of H-pyrrole nitrogens is 1. The molecule has 3 aromatic carbocycles. The number of para-hydroxylation sites is 1. The molecule has 18 nitrogen and oxygen atoms in total. The number of carbonyl (C=O) groups excluding carboxylic acids is 6. The van der Waals surface area contributed by atoms with Crippen LogP contribution in [0.15, 0.2) is 71.7 Å². The highest BCUT2D eigenvalue weighted by atomic mass is 16.4. The molecule has 1 aliphatic heterocycles. The highest BCUT2D eigenvalue weighted by Gasteiger charge is 2.41. The number of hydrogen-bond acceptors (Lipinski definition) is 8. The van der Waals surface area contributed by atoms with E-state index in [0.29, 0.717) is 18.4 Å². The number of aromatic amines is 1. The van der Waals surface area contributed by atoms with Gasteiger partial charge in [-0.1, -0.05) is 81.6 Å². The molecule has 0 radical (unpaired) electrons. The molecular weight excluding hydrogens is 845 g/mol. The lowest BCUT2D eigenvalue weighted by Gasteiger charge is -2.39. The minimum absolute atomic E-state index is 0.00123. The van der Waals surface area contributed by atoms with Crippen LogP contribution in [-0.2, 0) is 52.9 Å². The number of nitrogens with zero attached hydrogens (tertiary/aromatic N) is 2. The summed E-state index contributed by atoms with van der Waals surface area (Å²) in [7, 11) is 0. The topological polar surface area (TPSA) is 283 Å². The van der Waals surface area contributed by atoms with Gasteiger partial charge in [-0.25, -0.2) is 0 Å². The van der Waals surface area contributed by atoms with Crippen molar-refractivity contribution in [3.05, 3.63) is 83.4 Å². The molecule has 6 amide bonds. The molecule has 1 aromatic heterocycles. The predicted molar refractivity (Wildman–Crippen MR) is 249 cm³/mol. The lowest BCUT2D eigenvalue weighted by molar-refractivity contribution is -0.146. The molecule has 5 atom stereocenters. The number of carboxylic acids is 1. The van der Waals surface area contributed by atoms with Gasteiger partial charge in [0.25, 0.3) is 0 Å². The van der Waals surface area contributed by atoms with Crippen LogP contribution >= 0.6 is 0 Å². The summed E-state index contributed by atoms with van der Waals surface area (Å²) >= 11 is 0. The van der Waals surface area contributed by atoms with Crippen LogP contribution in [0.2, 0.25) is 0 Å². The highest BCUT2D eigenvalue weighted by molar-refractivity contribution is 6.07. The highest BCUT2D eigenvalue weighted by Crippen LogP contribution is 2.30. The summed E-state index contributed by atoms with van der Waals surface area (Å²) in [6.07, 6.45) is 4.41. The van der Waals surface area contributed by atoms with Gasteiger partial charge in [0.15, 0.2) is 5.96 Å². The van der Waals surface area contributed by atoms with Crippen molar-refractivity contribution in [1.82, 2.24) is 36.5 Å². The second kappa shape index (κ2) is 22.3. The normalized spacial score (nSPS) is 16.8. The fourth-order valence-electron chi connectivity index (χ4n) is 9.09. The Morgan fingerprint density at radius 3 is 2.20 bits per heavy atom. The minimum Gasteiger partial charge on any atom is -0.480 e. The molecule has 11 N–H and O–H groups in total. The van der Waals surface area contributed by atoms with Crippen molar-refractivity contribution < 1.29 is 38.7 Å². The minimum atomic E-state index is -1.26. The van der Waals surface area contributed by atoms with E-state index in [9.17, 15) is 33.9 Å². The smallest absolute Gasteiger partial charge is 0.322 e. The summed E-state index contributed by atoms with van der Waals surface area (Å²) in [4.78, 5) is 104. The van der Waals surface area contributed by atoms with Gasteiger partial charge in [0, 0.05) is 54.7 Å². The first-order valence-electron chi connectivity index (χ1n) is 22.7. The van der Waals surface area contributed by atoms with Crippen molar-refractivity contribution in [2.24, 2.45) is 28.3 Å². The Labute approximate surface area is 383 Å². The van der Waals surface area contributed by atoms with Crippen LogP contribution in [0, 0.1) is 11.8 Å². The van der Waals surface area contributed by atoms with Crippen molar-refractivity contribution in [3.8, 4) is 0 Å². The Kier molecular flexibility index (Phi) is 16.4. The first-order chi connectivity index (χ1) is 31.6. The number of rotatable bonds is 19. The molecule has 1 fully saturated rings. The van der Waals surface area contributed by atoms with Gasteiger partial charge in [0.1, 0.15) is 36.8 Å². The first kappa shape index (κ1) is 48.5. The number of nitrogens with two attached hydrogens (primary N) is 2. The van der Waals surface area contributed by atoms with E-state index in [4.69, 9.17) is 11.5 Å². The predicted octanol–water partition coefficient (Wildman–Crippen LogP) is 2.27. The first-order valence-corrected chi connectivity index (χ1v) is 22.7. The molecule has 66 heavy (non-hydrogen) atoms. The van der Waals surface area contributed by atoms with E-state index in [1.807, 2.05) is 66.7 Å². The molecule has 352 valence electrons. The van der Waals surface area contributed by atoms with Crippen molar-refractivity contribution in [2.45, 2.75) is 115 Å². The number of amides is 6. The van der Waals surface area contributed by atoms with Gasteiger partial charge < -0.3 is 53.0 Å². The molecule has 18 heteroatoms.